The number of carbonyl (C=O) groups excluding carboxylic acids is 2. The van der Waals surface area contributed by atoms with Gasteiger partial charge in [-0.15, -0.1) is 0 Å². The number of fused-ring (bicyclic) bond motifs is 1. The van der Waals surface area contributed by atoms with Gasteiger partial charge in [0.25, 0.3) is 5.91 Å². The van der Waals surface area contributed by atoms with Crippen molar-refractivity contribution in [1.82, 2.24) is 9.88 Å². The first-order valence-electron chi connectivity index (χ1n) is 8.68. The number of nitrogens with zero attached hydrogens (tertiary/aromatic N) is 2. The molecule has 6 nitrogen and oxygen atoms in total. The lowest BCUT2D eigenvalue weighted by atomic mass is 10.2. The summed E-state index contributed by atoms with van der Waals surface area (Å²) in [7, 11) is 1.58. The average molecular weight is 460 g/mol. The van der Waals surface area contributed by atoms with Crippen LogP contribution in [0.25, 0.3) is 16.3 Å². The molecule has 3 aromatic rings. The van der Waals surface area contributed by atoms with Crippen LogP contribution in [0.15, 0.2) is 47.4 Å². The summed E-state index contributed by atoms with van der Waals surface area (Å²) in [5.41, 5.74) is 1.41. The molecule has 0 unspecified atom stereocenters. The summed E-state index contributed by atoms with van der Waals surface area (Å²) in [6, 6.07) is 11.5. The number of rotatable bonds is 5. The lowest BCUT2D eigenvalue weighted by molar-refractivity contribution is -0.126. The van der Waals surface area contributed by atoms with E-state index in [0.717, 1.165) is 28.7 Å². The van der Waals surface area contributed by atoms with Crippen molar-refractivity contribution in [3.63, 3.8) is 0 Å². The summed E-state index contributed by atoms with van der Waals surface area (Å²) >= 11 is 7.57. The van der Waals surface area contributed by atoms with Crippen LogP contribution in [0.4, 0.5) is 9.52 Å². The number of aromatic nitrogens is 1. The molecule has 2 aromatic carbocycles. The van der Waals surface area contributed by atoms with Gasteiger partial charge in [-0.25, -0.2) is 9.37 Å². The molecule has 1 saturated heterocycles. The zero-order valence-electron chi connectivity index (χ0n) is 15.5. The fourth-order valence-corrected chi connectivity index (χ4v) is 4.90. The number of anilines is 1. The minimum Gasteiger partial charge on any atom is -0.497 e. The topological polar surface area (TPSA) is 71.5 Å². The Balaban J connectivity index is 1.44. The number of thiocarbonyl (C=S) groups is 1. The Kier molecular flexibility index (Phi) is 5.80. The zero-order valence-corrected chi connectivity index (χ0v) is 18.0. The molecule has 0 radical (unpaired) electrons. The third-order valence-corrected chi connectivity index (χ3v) is 6.50. The minimum absolute atomic E-state index is 0.227. The Morgan fingerprint density at radius 2 is 2.07 bits per heavy atom. The Bertz CT molecular complexity index is 1190. The van der Waals surface area contributed by atoms with Gasteiger partial charge in [-0.3, -0.25) is 14.5 Å². The largest absolute Gasteiger partial charge is 0.497 e. The van der Waals surface area contributed by atoms with Crippen molar-refractivity contribution < 1.29 is 18.7 Å². The van der Waals surface area contributed by atoms with E-state index in [1.54, 1.807) is 31.4 Å². The molecule has 0 saturated carbocycles. The maximum atomic E-state index is 13.3. The van der Waals surface area contributed by atoms with Crippen LogP contribution in [0.2, 0.25) is 0 Å². The number of nitrogens with one attached hydrogen (secondary N) is 1. The molecular weight excluding hydrogens is 445 g/mol. The van der Waals surface area contributed by atoms with Crippen molar-refractivity contribution in [3.8, 4) is 5.75 Å². The van der Waals surface area contributed by atoms with Crippen LogP contribution in [0, 0.1) is 5.82 Å². The monoisotopic (exact) mass is 459 g/mol. The first kappa shape index (κ1) is 20.5. The summed E-state index contributed by atoms with van der Waals surface area (Å²) < 4.78 is 19.4. The lowest BCUT2D eigenvalue weighted by Crippen LogP contribution is -2.36. The normalized spacial score (nSPS) is 15.3. The second-order valence-electron chi connectivity index (χ2n) is 6.22. The van der Waals surface area contributed by atoms with E-state index in [4.69, 9.17) is 17.0 Å². The molecule has 2 heterocycles. The van der Waals surface area contributed by atoms with Crippen LogP contribution < -0.4 is 10.1 Å². The molecule has 0 aliphatic carbocycles. The first-order chi connectivity index (χ1) is 14.4. The van der Waals surface area contributed by atoms with Gasteiger partial charge in [0.15, 0.2) is 5.13 Å². The van der Waals surface area contributed by atoms with E-state index in [1.165, 1.54) is 17.0 Å². The molecule has 1 aliphatic heterocycles. The maximum Gasteiger partial charge on any atom is 0.266 e. The number of methoxy groups -OCH3 is 1. The predicted octanol–water partition coefficient (Wildman–Crippen LogP) is 4.28. The number of thioether (sulfide) groups is 1. The lowest BCUT2D eigenvalue weighted by Gasteiger charge is -2.13. The minimum atomic E-state index is -0.434. The van der Waals surface area contributed by atoms with Crippen LogP contribution >= 0.6 is 35.3 Å². The van der Waals surface area contributed by atoms with Crippen LogP contribution in [-0.4, -0.2) is 39.7 Å². The fourth-order valence-electron chi connectivity index (χ4n) is 2.74. The van der Waals surface area contributed by atoms with Crippen LogP contribution in [-0.2, 0) is 9.59 Å². The molecule has 2 amide bonds. The van der Waals surface area contributed by atoms with Crippen molar-refractivity contribution >= 4 is 72.9 Å². The molecule has 0 atom stereocenters. The van der Waals surface area contributed by atoms with Gasteiger partial charge < -0.3 is 10.1 Å². The van der Waals surface area contributed by atoms with Gasteiger partial charge >= 0.3 is 0 Å². The third-order valence-electron chi connectivity index (χ3n) is 4.19. The highest BCUT2D eigenvalue weighted by Gasteiger charge is 2.33. The van der Waals surface area contributed by atoms with E-state index in [0.29, 0.717) is 30.3 Å². The Labute approximate surface area is 184 Å². The molecule has 152 valence electrons. The Morgan fingerprint density at radius 3 is 2.80 bits per heavy atom. The van der Waals surface area contributed by atoms with Crippen LogP contribution in [0.1, 0.15) is 5.56 Å². The standard InChI is InChI=1S/C20H14FN3O3S3/c1-27-13-5-2-11(3-6-13)8-16-18(26)24(20(28)30-16)10-17(25)23-19-22-14-7-4-12(21)9-15(14)29-19/h2-9H,10H2,1H3,(H,22,23,25)/b16-8-. The predicted molar refractivity (Wildman–Crippen MR) is 121 cm³/mol. The van der Waals surface area contributed by atoms with Crippen molar-refractivity contribution in [3.05, 3.63) is 58.8 Å². The van der Waals surface area contributed by atoms with Crippen molar-refractivity contribution in [1.29, 1.82) is 0 Å². The first-order valence-corrected chi connectivity index (χ1v) is 10.7. The summed E-state index contributed by atoms with van der Waals surface area (Å²) in [4.78, 5) is 31.1. The van der Waals surface area contributed by atoms with Crippen molar-refractivity contribution in [2.45, 2.75) is 0 Å². The van der Waals surface area contributed by atoms with Crippen LogP contribution in [0.3, 0.4) is 0 Å². The van der Waals surface area contributed by atoms with Crippen LogP contribution in [0.5, 0.6) is 5.75 Å². The van der Waals surface area contributed by atoms with E-state index < -0.39 is 5.91 Å². The van der Waals surface area contributed by atoms with Gasteiger partial charge in [0, 0.05) is 0 Å². The number of hydrogen-bond donors (Lipinski definition) is 1. The molecule has 1 fully saturated rings. The number of amides is 2. The Hall–Kier alpha value is -2.82. The van der Waals surface area contributed by atoms with E-state index >= 15 is 0 Å². The van der Waals surface area contributed by atoms with Gasteiger partial charge in [-0.2, -0.15) is 0 Å². The maximum absolute atomic E-state index is 13.3. The number of carbonyl (C=O) groups is 2. The molecule has 4 rings (SSSR count). The molecule has 1 aliphatic rings. The summed E-state index contributed by atoms with van der Waals surface area (Å²) in [5.74, 6) is -0.418. The van der Waals surface area contributed by atoms with E-state index in [1.807, 2.05) is 12.1 Å². The molecule has 1 aromatic heterocycles. The molecule has 0 bridgehead atoms. The summed E-state index contributed by atoms with van der Waals surface area (Å²) in [6.07, 6.45) is 1.72. The van der Waals surface area contributed by atoms with Gasteiger partial charge in [-0.1, -0.05) is 47.4 Å². The smallest absolute Gasteiger partial charge is 0.266 e. The second-order valence-corrected chi connectivity index (χ2v) is 8.93. The quantitative estimate of drug-likeness (QED) is 0.454. The molecule has 10 heteroatoms. The molecule has 1 N–H and O–H groups in total. The molecule has 30 heavy (non-hydrogen) atoms. The van der Waals surface area contributed by atoms with Gasteiger partial charge in [0.1, 0.15) is 22.4 Å². The van der Waals surface area contributed by atoms with E-state index in [-0.39, 0.29) is 18.3 Å². The number of hydrogen-bond acceptors (Lipinski definition) is 7. The molecule has 0 spiro atoms. The van der Waals surface area contributed by atoms with Gasteiger partial charge in [-0.05, 0) is 42.0 Å². The third kappa shape index (κ3) is 4.35. The van der Waals surface area contributed by atoms with E-state index in [2.05, 4.69) is 10.3 Å². The summed E-state index contributed by atoms with van der Waals surface area (Å²) in [6.45, 7) is -0.227. The average Bonchev–Trinajstić information content (AvgIpc) is 3.23. The highest BCUT2D eigenvalue weighted by molar-refractivity contribution is 8.26. The van der Waals surface area contributed by atoms with Gasteiger partial charge in [0.05, 0.1) is 22.2 Å². The zero-order chi connectivity index (χ0) is 21.3. The number of ether oxygens (including phenoxy) is 1. The second kappa shape index (κ2) is 8.50. The SMILES string of the molecule is COc1ccc(/C=C2\SC(=S)N(CC(=O)Nc3nc4ccc(F)cc4s3)C2=O)cc1. The highest BCUT2D eigenvalue weighted by Crippen LogP contribution is 2.33. The fraction of sp³-hybridized carbons (Fsp3) is 0.100. The molecular formula is C20H14FN3O3S3. The van der Waals surface area contributed by atoms with Gasteiger partial charge in [0.2, 0.25) is 5.91 Å². The number of thiazole rings is 1. The van der Waals surface area contributed by atoms with E-state index in [9.17, 15) is 14.0 Å². The Morgan fingerprint density at radius 1 is 1.30 bits per heavy atom. The summed E-state index contributed by atoms with van der Waals surface area (Å²) in [5, 5.41) is 2.98. The number of halogens is 1. The number of benzene rings is 2. The highest BCUT2D eigenvalue weighted by atomic mass is 32.2. The van der Waals surface area contributed by atoms with Crippen molar-refractivity contribution in [2.75, 3.05) is 19.0 Å². The van der Waals surface area contributed by atoms with Crippen molar-refractivity contribution in [2.24, 2.45) is 0 Å².